The molecule has 0 fully saturated rings. The molecular weight excluding hydrogens is 320 g/mol. The SMILES string of the molecule is CC(C)CCC(=O)c1cc(Br)ccc1Br. The Morgan fingerprint density at radius 2 is 2.00 bits per heavy atom. The van der Waals surface area contributed by atoms with Crippen molar-refractivity contribution < 1.29 is 4.79 Å². The largest absolute Gasteiger partial charge is 0.294 e. The molecule has 0 saturated heterocycles. The zero-order chi connectivity index (χ0) is 11.4. The molecule has 82 valence electrons. The van der Waals surface area contributed by atoms with Gasteiger partial charge in [-0.1, -0.05) is 45.7 Å². The molecule has 0 heterocycles. The molecule has 0 radical (unpaired) electrons. The number of hydrogen-bond donors (Lipinski definition) is 0. The first-order valence-electron chi connectivity index (χ1n) is 4.99. The summed E-state index contributed by atoms with van der Waals surface area (Å²) in [5, 5.41) is 0. The number of benzene rings is 1. The lowest BCUT2D eigenvalue weighted by molar-refractivity contribution is 0.0974. The molecule has 0 N–H and O–H groups in total. The molecule has 1 aromatic rings. The minimum absolute atomic E-state index is 0.205. The number of hydrogen-bond acceptors (Lipinski definition) is 1. The summed E-state index contributed by atoms with van der Waals surface area (Å²) in [7, 11) is 0. The van der Waals surface area contributed by atoms with E-state index in [4.69, 9.17) is 0 Å². The van der Waals surface area contributed by atoms with E-state index in [1.807, 2.05) is 18.2 Å². The molecule has 1 nitrogen and oxygen atoms in total. The summed E-state index contributed by atoms with van der Waals surface area (Å²) in [6.07, 6.45) is 1.56. The molecule has 0 amide bonds. The third kappa shape index (κ3) is 4.07. The molecule has 15 heavy (non-hydrogen) atoms. The van der Waals surface area contributed by atoms with Crippen LogP contribution in [0.15, 0.2) is 27.1 Å². The summed E-state index contributed by atoms with van der Waals surface area (Å²) < 4.78 is 1.82. The number of ketones is 1. The number of Topliss-reactive ketones (excluding diaryl/α,β-unsaturated/α-hetero) is 1. The van der Waals surface area contributed by atoms with Crippen molar-refractivity contribution in [3.8, 4) is 0 Å². The number of carbonyl (C=O) groups is 1. The van der Waals surface area contributed by atoms with Crippen LogP contribution in [0.2, 0.25) is 0 Å². The number of halogens is 2. The van der Waals surface area contributed by atoms with Crippen molar-refractivity contribution in [2.45, 2.75) is 26.7 Å². The Morgan fingerprint density at radius 3 is 2.60 bits per heavy atom. The van der Waals surface area contributed by atoms with E-state index in [0.717, 1.165) is 20.9 Å². The van der Waals surface area contributed by atoms with Crippen molar-refractivity contribution in [2.75, 3.05) is 0 Å². The fraction of sp³-hybridized carbons (Fsp3) is 0.417. The molecule has 0 spiro atoms. The highest BCUT2D eigenvalue weighted by molar-refractivity contribution is 9.11. The van der Waals surface area contributed by atoms with Crippen LogP contribution in [0.4, 0.5) is 0 Å². The normalized spacial score (nSPS) is 10.7. The highest BCUT2D eigenvalue weighted by atomic mass is 79.9. The average molecular weight is 334 g/mol. The van der Waals surface area contributed by atoms with Crippen molar-refractivity contribution in [1.82, 2.24) is 0 Å². The molecule has 0 unspecified atom stereocenters. The minimum atomic E-state index is 0.205. The third-order valence-electron chi connectivity index (χ3n) is 2.18. The second kappa shape index (κ2) is 5.80. The molecule has 0 bridgehead atoms. The van der Waals surface area contributed by atoms with Crippen molar-refractivity contribution in [3.63, 3.8) is 0 Å². The first kappa shape index (κ1) is 12.9. The van der Waals surface area contributed by atoms with E-state index in [1.54, 1.807) is 0 Å². The van der Waals surface area contributed by atoms with Gasteiger partial charge in [0, 0.05) is 20.9 Å². The fourth-order valence-electron chi connectivity index (χ4n) is 1.27. The van der Waals surface area contributed by atoms with Gasteiger partial charge >= 0.3 is 0 Å². The van der Waals surface area contributed by atoms with Gasteiger partial charge in [0.2, 0.25) is 0 Å². The third-order valence-corrected chi connectivity index (χ3v) is 3.36. The molecule has 0 aliphatic heterocycles. The van der Waals surface area contributed by atoms with E-state index >= 15 is 0 Å². The molecule has 0 aliphatic rings. The van der Waals surface area contributed by atoms with Gasteiger partial charge in [0.1, 0.15) is 0 Å². The molecule has 3 heteroatoms. The summed E-state index contributed by atoms with van der Waals surface area (Å²) >= 11 is 6.77. The van der Waals surface area contributed by atoms with Crippen LogP contribution in [-0.4, -0.2) is 5.78 Å². The van der Waals surface area contributed by atoms with Crippen LogP contribution in [0.1, 0.15) is 37.0 Å². The predicted molar refractivity (Wildman–Crippen MR) is 70.2 cm³/mol. The van der Waals surface area contributed by atoms with Crippen LogP contribution in [-0.2, 0) is 0 Å². The summed E-state index contributed by atoms with van der Waals surface area (Å²) in [5.74, 6) is 0.775. The van der Waals surface area contributed by atoms with Gasteiger partial charge in [-0.2, -0.15) is 0 Å². The summed E-state index contributed by atoms with van der Waals surface area (Å²) in [5.41, 5.74) is 0.769. The quantitative estimate of drug-likeness (QED) is 0.721. The monoisotopic (exact) mass is 332 g/mol. The van der Waals surface area contributed by atoms with Gasteiger partial charge in [0.15, 0.2) is 5.78 Å². The van der Waals surface area contributed by atoms with E-state index in [9.17, 15) is 4.79 Å². The van der Waals surface area contributed by atoms with Crippen molar-refractivity contribution >= 4 is 37.6 Å². The standard InChI is InChI=1S/C12H14Br2O/c1-8(2)3-6-12(15)10-7-9(13)4-5-11(10)14/h4-5,7-8H,3,6H2,1-2H3. The van der Waals surface area contributed by atoms with E-state index < -0.39 is 0 Å². The lowest BCUT2D eigenvalue weighted by atomic mass is 10.0. The molecule has 0 saturated carbocycles. The maximum absolute atomic E-state index is 11.9. The molecule has 0 aliphatic carbocycles. The first-order valence-corrected chi connectivity index (χ1v) is 6.57. The van der Waals surface area contributed by atoms with E-state index in [1.165, 1.54) is 0 Å². The number of carbonyl (C=O) groups excluding carboxylic acids is 1. The van der Waals surface area contributed by atoms with Gasteiger partial charge in [0.05, 0.1) is 0 Å². The molecule has 1 rings (SSSR count). The van der Waals surface area contributed by atoms with E-state index in [-0.39, 0.29) is 5.78 Å². The van der Waals surface area contributed by atoms with Gasteiger partial charge in [-0.15, -0.1) is 0 Å². The predicted octanol–water partition coefficient (Wildman–Crippen LogP) is 4.83. The lowest BCUT2D eigenvalue weighted by Crippen LogP contribution is -2.02. The summed E-state index contributed by atoms with van der Waals surface area (Å²) in [6, 6.07) is 5.68. The highest BCUT2D eigenvalue weighted by Gasteiger charge is 2.10. The molecular formula is C12H14Br2O. The Kier molecular flexibility index (Phi) is 5.00. The number of rotatable bonds is 4. The van der Waals surface area contributed by atoms with Crippen LogP contribution < -0.4 is 0 Å². The second-order valence-electron chi connectivity index (χ2n) is 3.98. The van der Waals surface area contributed by atoms with Gasteiger partial charge in [-0.25, -0.2) is 0 Å². The van der Waals surface area contributed by atoms with Crippen LogP contribution in [0.25, 0.3) is 0 Å². The Bertz CT molecular complexity index is 359. The van der Waals surface area contributed by atoms with Crippen LogP contribution in [0.5, 0.6) is 0 Å². The second-order valence-corrected chi connectivity index (χ2v) is 5.75. The Labute approximate surface area is 108 Å². The Morgan fingerprint density at radius 1 is 1.33 bits per heavy atom. The van der Waals surface area contributed by atoms with Crippen molar-refractivity contribution in [2.24, 2.45) is 5.92 Å². The van der Waals surface area contributed by atoms with Gasteiger partial charge < -0.3 is 0 Å². The van der Waals surface area contributed by atoms with Crippen LogP contribution >= 0.6 is 31.9 Å². The maximum atomic E-state index is 11.9. The van der Waals surface area contributed by atoms with Crippen molar-refractivity contribution in [3.05, 3.63) is 32.7 Å². The van der Waals surface area contributed by atoms with E-state index in [0.29, 0.717) is 12.3 Å². The average Bonchev–Trinajstić information content (AvgIpc) is 2.18. The smallest absolute Gasteiger partial charge is 0.164 e. The molecule has 0 aromatic heterocycles. The highest BCUT2D eigenvalue weighted by Crippen LogP contribution is 2.23. The van der Waals surface area contributed by atoms with Crippen LogP contribution in [0.3, 0.4) is 0 Å². The zero-order valence-electron chi connectivity index (χ0n) is 8.89. The topological polar surface area (TPSA) is 17.1 Å². The zero-order valence-corrected chi connectivity index (χ0v) is 12.1. The fourth-order valence-corrected chi connectivity index (χ4v) is 2.09. The Hall–Kier alpha value is -0.150. The van der Waals surface area contributed by atoms with Gasteiger partial charge in [-0.05, 0) is 30.5 Å². The Balaban J connectivity index is 2.77. The minimum Gasteiger partial charge on any atom is -0.294 e. The van der Waals surface area contributed by atoms with Gasteiger partial charge in [-0.3, -0.25) is 4.79 Å². The lowest BCUT2D eigenvalue weighted by Gasteiger charge is -2.06. The summed E-state index contributed by atoms with van der Waals surface area (Å²) in [6.45, 7) is 4.26. The molecule has 1 aromatic carbocycles. The van der Waals surface area contributed by atoms with Crippen LogP contribution in [0, 0.1) is 5.92 Å². The molecule has 0 atom stereocenters. The summed E-state index contributed by atoms with van der Waals surface area (Å²) in [4.78, 5) is 11.9. The maximum Gasteiger partial charge on any atom is 0.164 e. The van der Waals surface area contributed by atoms with Crippen molar-refractivity contribution in [1.29, 1.82) is 0 Å². The van der Waals surface area contributed by atoms with E-state index in [2.05, 4.69) is 45.7 Å². The first-order chi connectivity index (χ1) is 7.00. The van der Waals surface area contributed by atoms with Gasteiger partial charge in [0.25, 0.3) is 0 Å².